The third kappa shape index (κ3) is 7.34. The van der Waals surface area contributed by atoms with Gasteiger partial charge in [-0.3, -0.25) is 4.79 Å². The molecule has 0 N–H and O–H groups in total. The van der Waals surface area contributed by atoms with E-state index in [1.807, 2.05) is 45.4 Å². The highest BCUT2D eigenvalue weighted by atomic mass is 35.5. The van der Waals surface area contributed by atoms with Gasteiger partial charge in [0.05, 0.1) is 0 Å². The molecule has 0 radical (unpaired) electrons. The van der Waals surface area contributed by atoms with Crippen molar-refractivity contribution in [2.45, 2.75) is 19.4 Å². The molecule has 0 bridgehead atoms. The van der Waals surface area contributed by atoms with Crippen LogP contribution in [0, 0.1) is 0 Å². The summed E-state index contributed by atoms with van der Waals surface area (Å²) in [6.45, 7) is 2.17. The van der Waals surface area contributed by atoms with Crippen LogP contribution in [0.3, 0.4) is 0 Å². The normalized spacial score (nSPS) is 10.7. The van der Waals surface area contributed by atoms with E-state index < -0.39 is 0 Å². The molecular formula is C16H25ClN2O2. The molecule has 0 saturated carbocycles. The number of halogens is 1. The Labute approximate surface area is 132 Å². The molecule has 0 heterocycles. The SMILES string of the molecule is CN(C)CCOc1ccc(CN(C)C(=O)CCCCl)cc1. The zero-order chi connectivity index (χ0) is 15.7. The lowest BCUT2D eigenvalue weighted by molar-refractivity contribution is -0.130. The van der Waals surface area contributed by atoms with Gasteiger partial charge in [-0.2, -0.15) is 0 Å². The number of likely N-dealkylation sites (N-methyl/N-ethyl adjacent to an activating group) is 1. The van der Waals surface area contributed by atoms with E-state index in [0.29, 0.717) is 25.5 Å². The third-order valence-corrected chi connectivity index (χ3v) is 3.37. The first-order valence-electron chi connectivity index (χ1n) is 7.19. The van der Waals surface area contributed by atoms with Crippen molar-refractivity contribution >= 4 is 17.5 Å². The number of carbonyl (C=O) groups is 1. The first-order valence-corrected chi connectivity index (χ1v) is 7.72. The van der Waals surface area contributed by atoms with Gasteiger partial charge in [0, 0.05) is 32.4 Å². The minimum atomic E-state index is 0.127. The Hall–Kier alpha value is -1.26. The van der Waals surface area contributed by atoms with E-state index in [0.717, 1.165) is 24.3 Å². The Bertz CT molecular complexity index is 421. The topological polar surface area (TPSA) is 32.8 Å². The molecule has 0 saturated heterocycles. The molecule has 118 valence electrons. The second-order valence-electron chi connectivity index (χ2n) is 5.34. The Morgan fingerprint density at radius 3 is 2.43 bits per heavy atom. The van der Waals surface area contributed by atoms with Gasteiger partial charge >= 0.3 is 0 Å². The number of nitrogens with zero attached hydrogens (tertiary/aromatic N) is 2. The maximum atomic E-state index is 11.8. The van der Waals surface area contributed by atoms with E-state index in [1.165, 1.54) is 0 Å². The van der Waals surface area contributed by atoms with E-state index in [4.69, 9.17) is 16.3 Å². The van der Waals surface area contributed by atoms with E-state index in [9.17, 15) is 4.79 Å². The molecule has 0 aliphatic rings. The summed E-state index contributed by atoms with van der Waals surface area (Å²) in [5.41, 5.74) is 1.09. The lowest BCUT2D eigenvalue weighted by Gasteiger charge is -2.17. The van der Waals surface area contributed by atoms with Crippen LogP contribution in [-0.4, -0.2) is 55.9 Å². The predicted octanol–water partition coefficient (Wildman–Crippen LogP) is 2.60. The number of hydrogen-bond donors (Lipinski definition) is 0. The molecule has 1 rings (SSSR count). The van der Waals surface area contributed by atoms with E-state index >= 15 is 0 Å². The van der Waals surface area contributed by atoms with Gasteiger partial charge in [0.15, 0.2) is 0 Å². The molecule has 1 amide bonds. The molecule has 4 nitrogen and oxygen atoms in total. The van der Waals surface area contributed by atoms with Crippen molar-refractivity contribution < 1.29 is 9.53 Å². The van der Waals surface area contributed by atoms with Gasteiger partial charge in [0.25, 0.3) is 0 Å². The molecule has 0 aromatic heterocycles. The van der Waals surface area contributed by atoms with E-state index in [-0.39, 0.29) is 5.91 Å². The summed E-state index contributed by atoms with van der Waals surface area (Å²) >= 11 is 5.60. The van der Waals surface area contributed by atoms with Gasteiger partial charge in [-0.15, -0.1) is 11.6 Å². The number of benzene rings is 1. The van der Waals surface area contributed by atoms with Crippen molar-refractivity contribution in [1.29, 1.82) is 0 Å². The van der Waals surface area contributed by atoms with Crippen LogP contribution in [-0.2, 0) is 11.3 Å². The second-order valence-corrected chi connectivity index (χ2v) is 5.72. The summed E-state index contributed by atoms with van der Waals surface area (Å²) in [5.74, 6) is 1.51. The van der Waals surface area contributed by atoms with Gasteiger partial charge in [-0.05, 0) is 38.2 Å². The Morgan fingerprint density at radius 1 is 1.19 bits per heavy atom. The van der Waals surface area contributed by atoms with Crippen molar-refractivity contribution in [1.82, 2.24) is 9.80 Å². The van der Waals surface area contributed by atoms with Crippen LogP contribution in [0.15, 0.2) is 24.3 Å². The first-order chi connectivity index (χ1) is 10.0. The number of amides is 1. The largest absolute Gasteiger partial charge is 0.492 e. The quantitative estimate of drug-likeness (QED) is 0.657. The van der Waals surface area contributed by atoms with Crippen LogP contribution >= 0.6 is 11.6 Å². The van der Waals surface area contributed by atoms with Gasteiger partial charge in [0.2, 0.25) is 5.91 Å². The average Bonchev–Trinajstić information content (AvgIpc) is 2.46. The van der Waals surface area contributed by atoms with Crippen molar-refractivity contribution in [3.63, 3.8) is 0 Å². The molecule has 0 aliphatic heterocycles. The standard InChI is InChI=1S/C16H25ClN2O2/c1-18(2)11-12-21-15-8-6-14(7-9-15)13-19(3)16(20)5-4-10-17/h6-9H,4-5,10-13H2,1-3H3. The molecular weight excluding hydrogens is 288 g/mol. The number of rotatable bonds is 9. The zero-order valence-corrected chi connectivity index (χ0v) is 13.9. The molecule has 1 aromatic carbocycles. The van der Waals surface area contributed by atoms with Crippen LogP contribution in [0.1, 0.15) is 18.4 Å². The average molecular weight is 313 g/mol. The molecule has 0 fully saturated rings. The van der Waals surface area contributed by atoms with Crippen molar-refractivity contribution in [2.24, 2.45) is 0 Å². The van der Waals surface area contributed by atoms with Gasteiger partial charge < -0.3 is 14.5 Å². The fourth-order valence-electron chi connectivity index (χ4n) is 1.81. The predicted molar refractivity (Wildman–Crippen MR) is 86.9 cm³/mol. The molecule has 21 heavy (non-hydrogen) atoms. The van der Waals surface area contributed by atoms with Crippen LogP contribution < -0.4 is 4.74 Å². The third-order valence-electron chi connectivity index (χ3n) is 3.10. The molecule has 0 spiro atoms. The van der Waals surface area contributed by atoms with Crippen LogP contribution in [0.4, 0.5) is 0 Å². The highest BCUT2D eigenvalue weighted by Gasteiger charge is 2.08. The van der Waals surface area contributed by atoms with E-state index in [1.54, 1.807) is 4.90 Å². The number of carbonyl (C=O) groups excluding carboxylic acids is 1. The Kier molecular flexibility index (Phi) is 8.16. The number of alkyl halides is 1. The first kappa shape index (κ1) is 17.8. The molecule has 0 aliphatic carbocycles. The molecule has 0 atom stereocenters. The van der Waals surface area contributed by atoms with Crippen molar-refractivity contribution in [2.75, 3.05) is 40.2 Å². The smallest absolute Gasteiger partial charge is 0.222 e. The maximum Gasteiger partial charge on any atom is 0.222 e. The zero-order valence-electron chi connectivity index (χ0n) is 13.1. The summed E-state index contributed by atoms with van der Waals surface area (Å²) < 4.78 is 5.64. The summed E-state index contributed by atoms with van der Waals surface area (Å²) in [5, 5.41) is 0. The summed E-state index contributed by atoms with van der Waals surface area (Å²) in [6.07, 6.45) is 1.23. The lowest BCUT2D eigenvalue weighted by Crippen LogP contribution is -2.25. The number of ether oxygens (including phenoxy) is 1. The fraction of sp³-hybridized carbons (Fsp3) is 0.562. The van der Waals surface area contributed by atoms with Crippen LogP contribution in [0.25, 0.3) is 0 Å². The van der Waals surface area contributed by atoms with Gasteiger partial charge in [-0.1, -0.05) is 12.1 Å². The minimum absolute atomic E-state index is 0.127. The highest BCUT2D eigenvalue weighted by Crippen LogP contribution is 2.14. The summed E-state index contributed by atoms with van der Waals surface area (Å²) in [7, 11) is 5.85. The van der Waals surface area contributed by atoms with Crippen LogP contribution in [0.2, 0.25) is 0 Å². The fourth-order valence-corrected chi connectivity index (χ4v) is 1.94. The molecule has 1 aromatic rings. The molecule has 5 heteroatoms. The monoisotopic (exact) mass is 312 g/mol. The Morgan fingerprint density at radius 2 is 1.86 bits per heavy atom. The van der Waals surface area contributed by atoms with Gasteiger partial charge in [0.1, 0.15) is 12.4 Å². The summed E-state index contributed by atoms with van der Waals surface area (Å²) in [6, 6.07) is 7.89. The Balaban J connectivity index is 2.41. The minimum Gasteiger partial charge on any atom is -0.492 e. The lowest BCUT2D eigenvalue weighted by atomic mass is 10.2. The second kappa shape index (κ2) is 9.64. The number of hydrogen-bond acceptors (Lipinski definition) is 3. The highest BCUT2D eigenvalue weighted by molar-refractivity contribution is 6.17. The van der Waals surface area contributed by atoms with Gasteiger partial charge in [-0.25, -0.2) is 0 Å². The van der Waals surface area contributed by atoms with Crippen LogP contribution in [0.5, 0.6) is 5.75 Å². The van der Waals surface area contributed by atoms with Crippen molar-refractivity contribution in [3.8, 4) is 5.75 Å². The molecule has 0 unspecified atom stereocenters. The van der Waals surface area contributed by atoms with Crippen molar-refractivity contribution in [3.05, 3.63) is 29.8 Å². The summed E-state index contributed by atoms with van der Waals surface area (Å²) in [4.78, 5) is 15.6. The maximum absolute atomic E-state index is 11.8. The van der Waals surface area contributed by atoms with E-state index in [2.05, 4.69) is 4.90 Å².